The molecule has 2 aromatic rings. The molecule has 2 rings (SSSR count). The van der Waals surface area contributed by atoms with Crippen LogP contribution >= 0.6 is 0 Å². The van der Waals surface area contributed by atoms with Gasteiger partial charge in [0.05, 0.1) is 10.5 Å². The Hall–Kier alpha value is -3.03. The van der Waals surface area contributed by atoms with Crippen molar-refractivity contribution in [2.24, 2.45) is 0 Å². The molecule has 108 valence electrons. The number of rotatable bonds is 4. The number of hydrogen-bond acceptors (Lipinski definition) is 4. The highest BCUT2D eigenvalue weighted by molar-refractivity contribution is 5.90. The molecule has 8 heteroatoms. The van der Waals surface area contributed by atoms with E-state index in [0.29, 0.717) is 0 Å². The summed E-state index contributed by atoms with van der Waals surface area (Å²) in [5, 5.41) is 22.0. The molecule has 0 bridgehead atoms. The second-order valence-corrected chi connectivity index (χ2v) is 4.02. The maximum Gasteiger partial charge on any atom is 0.335 e. The molecule has 0 aliphatic rings. The van der Waals surface area contributed by atoms with E-state index in [2.05, 4.69) is 5.32 Å². The number of anilines is 2. The second-order valence-electron chi connectivity index (χ2n) is 4.02. The predicted molar refractivity (Wildman–Crippen MR) is 69.7 cm³/mol. The van der Waals surface area contributed by atoms with Gasteiger partial charge in [-0.2, -0.15) is 0 Å². The summed E-state index contributed by atoms with van der Waals surface area (Å²) in [4.78, 5) is 20.9. The summed E-state index contributed by atoms with van der Waals surface area (Å²) in [6.45, 7) is 0. The molecule has 0 fully saturated rings. The molecule has 0 aliphatic heterocycles. The van der Waals surface area contributed by atoms with Gasteiger partial charge in [-0.25, -0.2) is 13.6 Å². The van der Waals surface area contributed by atoms with Gasteiger partial charge < -0.3 is 10.4 Å². The number of benzene rings is 2. The van der Waals surface area contributed by atoms with Crippen molar-refractivity contribution in [3.05, 3.63) is 63.7 Å². The van der Waals surface area contributed by atoms with Crippen LogP contribution in [0.5, 0.6) is 0 Å². The summed E-state index contributed by atoms with van der Waals surface area (Å²) in [6, 6.07) is 6.11. The van der Waals surface area contributed by atoms with E-state index in [1.165, 1.54) is 0 Å². The van der Waals surface area contributed by atoms with Crippen molar-refractivity contribution < 1.29 is 23.6 Å². The highest BCUT2D eigenvalue weighted by Gasteiger charge is 2.19. The van der Waals surface area contributed by atoms with Crippen molar-refractivity contribution in [2.75, 3.05) is 5.32 Å². The lowest BCUT2D eigenvalue weighted by molar-refractivity contribution is -0.383. The number of nitro benzene ring substituents is 1. The summed E-state index contributed by atoms with van der Waals surface area (Å²) < 4.78 is 27.0. The fraction of sp³-hybridized carbons (Fsp3) is 0. The fourth-order valence-electron chi connectivity index (χ4n) is 1.67. The minimum atomic E-state index is -1.35. The maximum atomic E-state index is 13.5. The van der Waals surface area contributed by atoms with E-state index < -0.39 is 33.9 Å². The van der Waals surface area contributed by atoms with E-state index in [9.17, 15) is 23.7 Å². The third kappa shape index (κ3) is 2.94. The first-order valence-electron chi connectivity index (χ1n) is 5.63. The molecule has 0 saturated carbocycles. The van der Waals surface area contributed by atoms with Crippen LogP contribution < -0.4 is 5.32 Å². The summed E-state index contributed by atoms with van der Waals surface area (Å²) >= 11 is 0. The number of nitrogens with one attached hydrogen (secondary N) is 1. The SMILES string of the molecule is O=C(O)c1ccc(Nc2c(F)cccc2F)c([N+](=O)[O-])c1. The van der Waals surface area contributed by atoms with Gasteiger partial charge in [0.25, 0.3) is 5.69 Å². The smallest absolute Gasteiger partial charge is 0.335 e. The van der Waals surface area contributed by atoms with Crippen LogP contribution in [0.15, 0.2) is 36.4 Å². The van der Waals surface area contributed by atoms with E-state index in [4.69, 9.17) is 5.11 Å². The van der Waals surface area contributed by atoms with Gasteiger partial charge in [-0.1, -0.05) is 6.07 Å². The Labute approximate surface area is 116 Å². The van der Waals surface area contributed by atoms with Gasteiger partial charge in [-0.05, 0) is 24.3 Å². The zero-order chi connectivity index (χ0) is 15.6. The monoisotopic (exact) mass is 294 g/mol. The average Bonchev–Trinajstić information content (AvgIpc) is 2.42. The van der Waals surface area contributed by atoms with Crippen LogP contribution in [0.3, 0.4) is 0 Å². The van der Waals surface area contributed by atoms with E-state index in [0.717, 1.165) is 36.4 Å². The zero-order valence-corrected chi connectivity index (χ0v) is 10.3. The van der Waals surface area contributed by atoms with Gasteiger partial charge in [0, 0.05) is 6.07 Å². The van der Waals surface area contributed by atoms with Gasteiger partial charge in [0.2, 0.25) is 0 Å². The Morgan fingerprint density at radius 1 is 1.19 bits per heavy atom. The Bertz CT molecular complexity index is 714. The van der Waals surface area contributed by atoms with Gasteiger partial charge in [0.1, 0.15) is 23.0 Å². The van der Waals surface area contributed by atoms with Crippen molar-refractivity contribution in [3.63, 3.8) is 0 Å². The van der Waals surface area contributed by atoms with Crippen molar-refractivity contribution in [3.8, 4) is 0 Å². The van der Waals surface area contributed by atoms with Crippen molar-refractivity contribution in [2.45, 2.75) is 0 Å². The molecule has 21 heavy (non-hydrogen) atoms. The highest BCUT2D eigenvalue weighted by atomic mass is 19.1. The molecule has 6 nitrogen and oxygen atoms in total. The lowest BCUT2D eigenvalue weighted by Gasteiger charge is -2.09. The van der Waals surface area contributed by atoms with Crippen LogP contribution in [0.2, 0.25) is 0 Å². The Morgan fingerprint density at radius 2 is 1.81 bits per heavy atom. The van der Waals surface area contributed by atoms with E-state index in [-0.39, 0.29) is 11.3 Å². The second kappa shape index (κ2) is 5.53. The van der Waals surface area contributed by atoms with E-state index in [1.807, 2.05) is 0 Å². The first kappa shape index (κ1) is 14.4. The van der Waals surface area contributed by atoms with Crippen molar-refractivity contribution >= 4 is 23.0 Å². The molecule has 0 aliphatic carbocycles. The molecule has 0 spiro atoms. The van der Waals surface area contributed by atoms with Crippen LogP contribution in [0, 0.1) is 21.7 Å². The average molecular weight is 294 g/mol. The van der Waals surface area contributed by atoms with Crippen LogP contribution in [0.1, 0.15) is 10.4 Å². The number of carbonyl (C=O) groups is 1. The van der Waals surface area contributed by atoms with E-state index in [1.54, 1.807) is 0 Å². The molecule has 0 saturated heterocycles. The van der Waals surface area contributed by atoms with Crippen LogP contribution in [0.4, 0.5) is 25.8 Å². The molecule has 0 aromatic heterocycles. The summed E-state index contributed by atoms with van der Waals surface area (Å²) in [7, 11) is 0. The van der Waals surface area contributed by atoms with Gasteiger partial charge >= 0.3 is 5.97 Å². The Morgan fingerprint density at radius 3 is 2.33 bits per heavy atom. The topological polar surface area (TPSA) is 92.5 Å². The molecule has 0 unspecified atom stereocenters. The Kier molecular flexibility index (Phi) is 3.79. The van der Waals surface area contributed by atoms with Crippen LogP contribution in [-0.2, 0) is 0 Å². The van der Waals surface area contributed by atoms with Crippen molar-refractivity contribution in [1.29, 1.82) is 0 Å². The largest absolute Gasteiger partial charge is 0.478 e. The number of carboxylic acids is 1. The molecule has 2 aromatic carbocycles. The molecular formula is C13H8F2N2O4. The number of nitro groups is 1. The normalized spacial score (nSPS) is 10.2. The number of carboxylic acid groups (broad SMARTS) is 1. The summed E-state index contributed by atoms with van der Waals surface area (Å²) in [5.74, 6) is -3.19. The minimum absolute atomic E-state index is 0.214. The van der Waals surface area contributed by atoms with Gasteiger partial charge in [-0.3, -0.25) is 10.1 Å². The number of aromatic carboxylic acids is 1. The molecule has 0 radical (unpaired) electrons. The van der Waals surface area contributed by atoms with Crippen molar-refractivity contribution in [1.82, 2.24) is 0 Å². The predicted octanol–water partition coefficient (Wildman–Crippen LogP) is 3.31. The van der Waals surface area contributed by atoms with Crippen LogP contribution in [-0.4, -0.2) is 16.0 Å². The number of nitrogens with zero attached hydrogens (tertiary/aromatic N) is 1. The summed E-state index contributed by atoms with van der Waals surface area (Å²) in [5.41, 5.74) is -1.67. The van der Waals surface area contributed by atoms with Crippen LogP contribution in [0.25, 0.3) is 0 Å². The first-order valence-corrected chi connectivity index (χ1v) is 5.63. The van der Waals surface area contributed by atoms with Gasteiger partial charge in [-0.15, -0.1) is 0 Å². The number of halogens is 2. The van der Waals surface area contributed by atoms with Gasteiger partial charge in [0.15, 0.2) is 0 Å². The quantitative estimate of drug-likeness (QED) is 0.666. The third-order valence-electron chi connectivity index (χ3n) is 2.66. The first-order chi connectivity index (χ1) is 9.90. The maximum absolute atomic E-state index is 13.5. The lowest BCUT2D eigenvalue weighted by atomic mass is 10.1. The zero-order valence-electron chi connectivity index (χ0n) is 10.3. The lowest BCUT2D eigenvalue weighted by Crippen LogP contribution is -2.03. The minimum Gasteiger partial charge on any atom is -0.478 e. The molecular weight excluding hydrogens is 286 g/mol. The molecule has 0 heterocycles. The number of para-hydroxylation sites is 1. The third-order valence-corrected chi connectivity index (χ3v) is 2.66. The molecule has 0 amide bonds. The fourth-order valence-corrected chi connectivity index (χ4v) is 1.67. The summed E-state index contributed by atoms with van der Waals surface area (Å²) in [6.07, 6.45) is 0. The van der Waals surface area contributed by atoms with E-state index >= 15 is 0 Å². The molecule has 0 atom stereocenters. The Balaban J connectivity index is 2.49. The number of hydrogen-bond donors (Lipinski definition) is 2. The highest BCUT2D eigenvalue weighted by Crippen LogP contribution is 2.30. The molecule has 2 N–H and O–H groups in total. The standard InChI is InChI=1S/C13H8F2N2O4/c14-8-2-1-3-9(15)12(8)16-10-5-4-7(13(18)19)6-11(10)17(20)21/h1-6,16H,(H,18,19).